The van der Waals surface area contributed by atoms with Crippen molar-refractivity contribution in [2.24, 2.45) is 0 Å². The second-order valence-corrected chi connectivity index (χ2v) is 5.42. The molecule has 110 valence electrons. The van der Waals surface area contributed by atoms with E-state index < -0.39 is 0 Å². The van der Waals surface area contributed by atoms with Crippen LogP contribution in [0.15, 0.2) is 59.1 Å². The Morgan fingerprint density at radius 2 is 1.91 bits per heavy atom. The molecule has 0 saturated carbocycles. The third-order valence-electron chi connectivity index (χ3n) is 3.99. The van der Waals surface area contributed by atoms with E-state index in [1.54, 1.807) is 0 Å². The highest BCUT2D eigenvalue weighted by molar-refractivity contribution is 5.59. The van der Waals surface area contributed by atoms with Crippen LogP contribution < -0.4 is 4.74 Å². The number of aromatic nitrogens is 1. The van der Waals surface area contributed by atoms with Gasteiger partial charge in [0.15, 0.2) is 5.76 Å². The molecule has 1 aromatic heterocycles. The van der Waals surface area contributed by atoms with Gasteiger partial charge in [0.25, 0.3) is 5.88 Å². The molecule has 1 atom stereocenters. The topological polar surface area (TPSA) is 55.5 Å². The summed E-state index contributed by atoms with van der Waals surface area (Å²) in [5.41, 5.74) is 3.51. The van der Waals surface area contributed by atoms with E-state index in [0.29, 0.717) is 5.76 Å². The van der Waals surface area contributed by atoms with Gasteiger partial charge in [-0.2, -0.15) is 0 Å². The van der Waals surface area contributed by atoms with E-state index in [1.165, 1.54) is 17.2 Å². The van der Waals surface area contributed by atoms with Crippen molar-refractivity contribution >= 4 is 0 Å². The van der Waals surface area contributed by atoms with Gasteiger partial charge < -0.3 is 14.4 Å². The number of aryl methyl sites for hydroxylation is 1. The molecule has 0 fully saturated rings. The van der Waals surface area contributed by atoms with Crippen LogP contribution in [0, 0.1) is 0 Å². The molecule has 4 heteroatoms. The molecule has 4 rings (SSSR count). The Bertz CT molecular complexity index is 792. The summed E-state index contributed by atoms with van der Waals surface area (Å²) >= 11 is 0. The van der Waals surface area contributed by atoms with Gasteiger partial charge in [-0.15, -0.1) is 0 Å². The van der Waals surface area contributed by atoms with Gasteiger partial charge in [-0.1, -0.05) is 24.3 Å². The van der Waals surface area contributed by atoms with Gasteiger partial charge in [-0.3, -0.25) is 0 Å². The number of ether oxygens (including phenoxy) is 1. The first-order valence-electron chi connectivity index (χ1n) is 7.30. The minimum atomic E-state index is -0.113. The predicted octanol–water partition coefficient (Wildman–Crippen LogP) is 4.11. The first-order chi connectivity index (χ1) is 10.8. The molecule has 0 bridgehead atoms. The zero-order chi connectivity index (χ0) is 14.9. The van der Waals surface area contributed by atoms with E-state index in [4.69, 9.17) is 9.26 Å². The first-order valence-corrected chi connectivity index (χ1v) is 7.30. The molecule has 0 amide bonds. The molecular formula is C18H15NO3. The highest BCUT2D eigenvalue weighted by atomic mass is 16.5. The summed E-state index contributed by atoms with van der Waals surface area (Å²) in [7, 11) is 0. The normalized spacial score (nSPS) is 16.5. The molecule has 3 aromatic rings. The summed E-state index contributed by atoms with van der Waals surface area (Å²) in [5, 5.41) is 12.7. The molecule has 1 heterocycles. The van der Waals surface area contributed by atoms with Crippen molar-refractivity contribution in [3.8, 4) is 23.0 Å². The van der Waals surface area contributed by atoms with Crippen LogP contribution in [0.1, 0.15) is 23.7 Å². The fourth-order valence-electron chi connectivity index (χ4n) is 2.90. The third kappa shape index (κ3) is 2.33. The largest absolute Gasteiger partial charge is 0.491 e. The summed E-state index contributed by atoms with van der Waals surface area (Å²) in [6.45, 7) is 0. The van der Waals surface area contributed by atoms with E-state index in [1.807, 2.05) is 24.3 Å². The van der Waals surface area contributed by atoms with Gasteiger partial charge in [0, 0.05) is 11.6 Å². The maximum absolute atomic E-state index is 9.22. The van der Waals surface area contributed by atoms with Crippen molar-refractivity contribution in [2.45, 2.75) is 18.9 Å². The average molecular weight is 293 g/mol. The van der Waals surface area contributed by atoms with E-state index in [2.05, 4.69) is 29.4 Å². The number of aromatic hydroxyl groups is 1. The average Bonchev–Trinajstić information content (AvgIpc) is 3.15. The van der Waals surface area contributed by atoms with Crippen LogP contribution >= 0.6 is 0 Å². The van der Waals surface area contributed by atoms with Gasteiger partial charge in [0.1, 0.15) is 11.9 Å². The first kappa shape index (κ1) is 13.0. The van der Waals surface area contributed by atoms with Crippen LogP contribution in [0.4, 0.5) is 0 Å². The Labute approximate surface area is 128 Å². The molecule has 1 aliphatic rings. The number of fused-ring (bicyclic) bond motifs is 1. The summed E-state index contributed by atoms with van der Waals surface area (Å²) in [6, 6.07) is 17.5. The highest BCUT2D eigenvalue weighted by Gasteiger charge is 2.23. The van der Waals surface area contributed by atoms with Crippen LogP contribution in [-0.4, -0.2) is 10.3 Å². The molecule has 0 spiro atoms. The van der Waals surface area contributed by atoms with Gasteiger partial charge in [-0.25, -0.2) is 0 Å². The molecule has 22 heavy (non-hydrogen) atoms. The molecule has 0 unspecified atom stereocenters. The van der Waals surface area contributed by atoms with Crippen molar-refractivity contribution in [1.29, 1.82) is 0 Å². The Kier molecular flexibility index (Phi) is 3.07. The zero-order valence-corrected chi connectivity index (χ0v) is 11.9. The van der Waals surface area contributed by atoms with Crippen molar-refractivity contribution in [3.63, 3.8) is 0 Å². The van der Waals surface area contributed by atoms with Crippen molar-refractivity contribution < 1.29 is 14.4 Å². The molecular weight excluding hydrogens is 278 g/mol. The molecule has 0 saturated heterocycles. The number of nitrogens with zero attached hydrogens (tertiary/aromatic N) is 1. The standard InChI is InChI=1S/C18H15NO3/c20-18-11-17(22-19-18)13-5-8-14(9-6-13)21-16-10-7-12-3-1-2-4-15(12)16/h1-6,8-9,11,16H,7,10H2,(H,19,20)/t16-/m0/s1. The lowest BCUT2D eigenvalue weighted by molar-refractivity contribution is 0.207. The molecule has 1 aliphatic carbocycles. The summed E-state index contributed by atoms with van der Waals surface area (Å²) < 4.78 is 11.1. The predicted molar refractivity (Wildman–Crippen MR) is 81.7 cm³/mol. The van der Waals surface area contributed by atoms with Crippen LogP contribution in [-0.2, 0) is 6.42 Å². The number of hydrogen-bond acceptors (Lipinski definition) is 4. The smallest absolute Gasteiger partial charge is 0.252 e. The van der Waals surface area contributed by atoms with E-state index in [-0.39, 0.29) is 12.0 Å². The Balaban J connectivity index is 1.53. The van der Waals surface area contributed by atoms with Crippen molar-refractivity contribution in [2.75, 3.05) is 0 Å². The minimum absolute atomic E-state index is 0.113. The highest BCUT2D eigenvalue weighted by Crippen LogP contribution is 2.35. The fraction of sp³-hybridized carbons (Fsp3) is 0.167. The van der Waals surface area contributed by atoms with Gasteiger partial charge in [0.2, 0.25) is 0 Å². The maximum atomic E-state index is 9.22. The molecule has 4 nitrogen and oxygen atoms in total. The van der Waals surface area contributed by atoms with E-state index >= 15 is 0 Å². The lowest BCUT2D eigenvalue weighted by atomic mass is 10.1. The Hall–Kier alpha value is -2.75. The van der Waals surface area contributed by atoms with Crippen molar-refractivity contribution in [3.05, 3.63) is 65.7 Å². The zero-order valence-electron chi connectivity index (χ0n) is 11.9. The second-order valence-electron chi connectivity index (χ2n) is 5.42. The number of rotatable bonds is 3. The monoisotopic (exact) mass is 293 g/mol. The summed E-state index contributed by atoms with van der Waals surface area (Å²) in [4.78, 5) is 0. The third-order valence-corrected chi connectivity index (χ3v) is 3.99. The number of benzene rings is 2. The molecule has 1 N–H and O–H groups in total. The van der Waals surface area contributed by atoms with E-state index in [0.717, 1.165) is 24.2 Å². The summed E-state index contributed by atoms with van der Waals surface area (Å²) in [6.07, 6.45) is 2.20. The Morgan fingerprint density at radius 1 is 1.09 bits per heavy atom. The lowest BCUT2D eigenvalue weighted by Gasteiger charge is -2.15. The van der Waals surface area contributed by atoms with Crippen LogP contribution in [0.5, 0.6) is 11.6 Å². The lowest BCUT2D eigenvalue weighted by Crippen LogP contribution is -2.03. The van der Waals surface area contributed by atoms with Gasteiger partial charge in [0.05, 0.1) is 0 Å². The molecule has 0 radical (unpaired) electrons. The quantitative estimate of drug-likeness (QED) is 0.789. The second kappa shape index (κ2) is 5.22. The Morgan fingerprint density at radius 3 is 2.68 bits per heavy atom. The minimum Gasteiger partial charge on any atom is -0.491 e. The maximum Gasteiger partial charge on any atom is 0.252 e. The van der Waals surface area contributed by atoms with Crippen LogP contribution in [0.2, 0.25) is 0 Å². The SMILES string of the molecule is Oc1cc(-c2ccc(O[C@H]3CCc4ccccc43)cc2)on1. The summed E-state index contributed by atoms with van der Waals surface area (Å²) in [5.74, 6) is 1.25. The van der Waals surface area contributed by atoms with Crippen LogP contribution in [0.25, 0.3) is 11.3 Å². The van der Waals surface area contributed by atoms with E-state index in [9.17, 15) is 5.11 Å². The van der Waals surface area contributed by atoms with Crippen LogP contribution in [0.3, 0.4) is 0 Å². The molecule has 2 aromatic carbocycles. The van der Waals surface area contributed by atoms with Gasteiger partial charge >= 0.3 is 0 Å². The van der Waals surface area contributed by atoms with Gasteiger partial charge in [-0.05, 0) is 53.4 Å². The van der Waals surface area contributed by atoms with Crippen molar-refractivity contribution in [1.82, 2.24) is 5.16 Å². The number of hydrogen-bond donors (Lipinski definition) is 1. The fourth-order valence-corrected chi connectivity index (χ4v) is 2.90. The molecule has 0 aliphatic heterocycles.